The molecule has 1 heterocycles. The molecule has 0 aliphatic heterocycles. The first-order valence-corrected chi connectivity index (χ1v) is 9.03. The number of nitrogens with zero attached hydrogens (tertiary/aromatic N) is 3. The molecule has 0 bridgehead atoms. The summed E-state index contributed by atoms with van der Waals surface area (Å²) >= 11 is 0. The molecule has 3 aromatic rings. The number of phenolic OH excluding ortho intramolecular Hbond substituents is 1. The minimum Gasteiger partial charge on any atom is -0.508 e. The lowest BCUT2D eigenvalue weighted by molar-refractivity contribution is -0.134. The minimum absolute atomic E-state index is 0.0497. The van der Waals surface area contributed by atoms with Crippen molar-refractivity contribution in [2.45, 2.75) is 39.3 Å². The van der Waals surface area contributed by atoms with E-state index in [2.05, 4.69) is 11.5 Å². The van der Waals surface area contributed by atoms with E-state index >= 15 is 0 Å². The van der Waals surface area contributed by atoms with Gasteiger partial charge in [-0.25, -0.2) is 4.98 Å². The third kappa shape index (κ3) is 3.43. The molecule has 0 radical (unpaired) electrons. The fraction of sp³-hybridized carbons (Fsp3) is 0.333. The van der Waals surface area contributed by atoms with E-state index in [0.717, 1.165) is 28.8 Å². The van der Waals surface area contributed by atoms with Crippen molar-refractivity contribution in [3.8, 4) is 5.75 Å². The average molecular weight is 351 g/mol. The summed E-state index contributed by atoms with van der Waals surface area (Å²) in [5.41, 5.74) is 2.82. The number of hydrogen-bond donors (Lipinski definition) is 1. The molecule has 136 valence electrons. The summed E-state index contributed by atoms with van der Waals surface area (Å²) in [6, 6.07) is 14.7. The first-order valence-electron chi connectivity index (χ1n) is 9.03. The number of fused-ring (bicyclic) bond motifs is 1. The first-order chi connectivity index (χ1) is 12.5. The van der Waals surface area contributed by atoms with Gasteiger partial charge in [-0.1, -0.05) is 38.1 Å². The van der Waals surface area contributed by atoms with Gasteiger partial charge in [-0.05, 0) is 36.2 Å². The SMILES string of the molecule is CCc1nc2ccccc2n1C(CC)C(=O)N(C)Cc1cccc(O)c1. The topological polar surface area (TPSA) is 58.4 Å². The molecule has 26 heavy (non-hydrogen) atoms. The Kier molecular flexibility index (Phi) is 5.26. The standard InChI is InChI=1S/C21H25N3O2/c1-4-18(21(26)23(3)14-15-9-8-10-16(25)13-15)24-19-12-7-6-11-17(19)22-20(24)5-2/h6-13,18,25H,4-5,14H2,1-3H3. The molecule has 0 spiro atoms. The van der Waals surface area contributed by atoms with Crippen molar-refractivity contribution in [2.75, 3.05) is 7.05 Å². The van der Waals surface area contributed by atoms with E-state index in [4.69, 9.17) is 4.98 Å². The quantitative estimate of drug-likeness (QED) is 0.732. The molecule has 5 nitrogen and oxygen atoms in total. The van der Waals surface area contributed by atoms with Crippen molar-refractivity contribution in [3.05, 3.63) is 59.9 Å². The van der Waals surface area contributed by atoms with Gasteiger partial charge in [0.05, 0.1) is 11.0 Å². The number of rotatable bonds is 6. The molecular weight excluding hydrogens is 326 g/mol. The van der Waals surface area contributed by atoms with E-state index in [1.165, 1.54) is 0 Å². The average Bonchev–Trinajstić information content (AvgIpc) is 3.01. The zero-order valence-electron chi connectivity index (χ0n) is 15.5. The Balaban J connectivity index is 1.92. The summed E-state index contributed by atoms with van der Waals surface area (Å²) in [6.45, 7) is 4.54. The molecule has 0 saturated heterocycles. The molecule has 2 aromatic carbocycles. The zero-order chi connectivity index (χ0) is 18.7. The second-order valence-corrected chi connectivity index (χ2v) is 6.53. The number of benzene rings is 2. The van der Waals surface area contributed by atoms with Crippen molar-refractivity contribution in [1.29, 1.82) is 0 Å². The molecule has 5 heteroatoms. The molecule has 3 rings (SSSR count). The molecule has 0 fully saturated rings. The summed E-state index contributed by atoms with van der Waals surface area (Å²) in [5, 5.41) is 9.64. The number of amides is 1. The van der Waals surface area contributed by atoms with Crippen LogP contribution in [0.15, 0.2) is 48.5 Å². The van der Waals surface area contributed by atoms with Crippen LogP contribution in [-0.4, -0.2) is 32.5 Å². The Morgan fingerprint density at radius 2 is 1.96 bits per heavy atom. The third-order valence-corrected chi connectivity index (χ3v) is 4.68. The number of carbonyl (C=O) groups excluding carboxylic acids is 1. The Bertz CT molecular complexity index is 917. The lowest BCUT2D eigenvalue weighted by atomic mass is 10.1. The number of carbonyl (C=O) groups is 1. The smallest absolute Gasteiger partial charge is 0.245 e. The van der Waals surface area contributed by atoms with Gasteiger partial charge in [-0.2, -0.15) is 0 Å². The van der Waals surface area contributed by atoms with Crippen LogP contribution >= 0.6 is 0 Å². The molecule has 0 saturated carbocycles. The molecule has 1 amide bonds. The van der Waals surface area contributed by atoms with Crippen molar-refractivity contribution in [1.82, 2.24) is 14.5 Å². The fourth-order valence-corrected chi connectivity index (χ4v) is 3.42. The van der Waals surface area contributed by atoms with Gasteiger partial charge < -0.3 is 14.6 Å². The number of para-hydroxylation sites is 2. The maximum absolute atomic E-state index is 13.2. The lowest BCUT2D eigenvalue weighted by Crippen LogP contribution is -2.34. The number of phenols is 1. The summed E-state index contributed by atoms with van der Waals surface area (Å²) in [4.78, 5) is 19.6. The van der Waals surface area contributed by atoms with Crippen LogP contribution in [0, 0.1) is 0 Å². The molecule has 0 aliphatic carbocycles. The number of aryl methyl sites for hydroxylation is 1. The van der Waals surface area contributed by atoms with E-state index < -0.39 is 0 Å². The van der Waals surface area contributed by atoms with Crippen LogP contribution in [-0.2, 0) is 17.8 Å². The maximum atomic E-state index is 13.2. The minimum atomic E-state index is -0.292. The molecule has 1 atom stereocenters. The highest BCUT2D eigenvalue weighted by Gasteiger charge is 2.26. The fourth-order valence-electron chi connectivity index (χ4n) is 3.42. The number of hydrogen-bond acceptors (Lipinski definition) is 3. The predicted molar refractivity (Wildman–Crippen MR) is 103 cm³/mol. The van der Waals surface area contributed by atoms with E-state index in [1.807, 2.05) is 37.3 Å². The number of imidazole rings is 1. The molecule has 1 N–H and O–H groups in total. The van der Waals surface area contributed by atoms with Crippen LogP contribution in [0.2, 0.25) is 0 Å². The van der Waals surface area contributed by atoms with Gasteiger partial charge in [0.15, 0.2) is 0 Å². The molecular formula is C21H25N3O2. The van der Waals surface area contributed by atoms with Crippen molar-refractivity contribution < 1.29 is 9.90 Å². The highest BCUT2D eigenvalue weighted by molar-refractivity contribution is 5.84. The summed E-state index contributed by atoms with van der Waals surface area (Å²) in [7, 11) is 1.81. The van der Waals surface area contributed by atoms with Gasteiger partial charge in [0.25, 0.3) is 0 Å². The maximum Gasteiger partial charge on any atom is 0.245 e. The largest absolute Gasteiger partial charge is 0.508 e. The second kappa shape index (κ2) is 7.60. The molecule has 1 aromatic heterocycles. The Hall–Kier alpha value is -2.82. The van der Waals surface area contributed by atoms with E-state index in [1.54, 1.807) is 30.1 Å². The van der Waals surface area contributed by atoms with Gasteiger partial charge >= 0.3 is 0 Å². The summed E-state index contributed by atoms with van der Waals surface area (Å²) in [5.74, 6) is 1.19. The van der Waals surface area contributed by atoms with E-state index in [-0.39, 0.29) is 17.7 Å². The molecule has 0 aliphatic rings. The van der Waals surface area contributed by atoms with Crippen molar-refractivity contribution in [3.63, 3.8) is 0 Å². The number of aromatic hydroxyl groups is 1. The number of likely N-dealkylation sites (N-methyl/N-ethyl adjacent to an activating group) is 1. The normalized spacial score (nSPS) is 12.3. The summed E-state index contributed by atoms with van der Waals surface area (Å²) in [6.07, 6.45) is 1.46. The van der Waals surface area contributed by atoms with Gasteiger partial charge in [0.2, 0.25) is 5.91 Å². The monoisotopic (exact) mass is 351 g/mol. The highest BCUT2D eigenvalue weighted by atomic mass is 16.3. The number of aromatic nitrogens is 2. The van der Waals surface area contributed by atoms with Crippen molar-refractivity contribution >= 4 is 16.9 Å². The van der Waals surface area contributed by atoms with E-state index in [9.17, 15) is 9.90 Å². The Morgan fingerprint density at radius 1 is 1.19 bits per heavy atom. The zero-order valence-corrected chi connectivity index (χ0v) is 15.5. The Morgan fingerprint density at radius 3 is 2.65 bits per heavy atom. The van der Waals surface area contributed by atoms with Crippen molar-refractivity contribution in [2.24, 2.45) is 0 Å². The van der Waals surface area contributed by atoms with E-state index in [0.29, 0.717) is 13.0 Å². The van der Waals surface area contributed by atoms with Crippen LogP contribution in [0.4, 0.5) is 0 Å². The molecule has 1 unspecified atom stereocenters. The summed E-state index contributed by atoms with van der Waals surface area (Å²) < 4.78 is 2.08. The lowest BCUT2D eigenvalue weighted by Gasteiger charge is -2.26. The van der Waals surface area contributed by atoms with Crippen LogP contribution in [0.5, 0.6) is 5.75 Å². The van der Waals surface area contributed by atoms with Crippen LogP contribution in [0.3, 0.4) is 0 Å². The van der Waals surface area contributed by atoms with Gasteiger partial charge in [-0.15, -0.1) is 0 Å². The third-order valence-electron chi connectivity index (χ3n) is 4.68. The van der Waals surface area contributed by atoms with Crippen LogP contribution < -0.4 is 0 Å². The van der Waals surface area contributed by atoms with Gasteiger partial charge in [0, 0.05) is 20.0 Å². The highest BCUT2D eigenvalue weighted by Crippen LogP contribution is 2.26. The first kappa shape index (κ1) is 18.0. The Labute approximate surface area is 153 Å². The van der Waals surface area contributed by atoms with Gasteiger partial charge in [0.1, 0.15) is 17.6 Å². The van der Waals surface area contributed by atoms with Crippen LogP contribution in [0.25, 0.3) is 11.0 Å². The predicted octanol–water partition coefficient (Wildman–Crippen LogP) is 3.91. The second-order valence-electron chi connectivity index (χ2n) is 6.53. The van der Waals surface area contributed by atoms with Gasteiger partial charge in [-0.3, -0.25) is 4.79 Å². The van der Waals surface area contributed by atoms with Crippen LogP contribution in [0.1, 0.15) is 37.7 Å².